The third kappa shape index (κ3) is 3.26. The molecule has 0 fully saturated rings. The molecule has 6 heteroatoms. The van der Waals surface area contributed by atoms with Gasteiger partial charge in [-0.2, -0.15) is 0 Å². The van der Waals surface area contributed by atoms with Gasteiger partial charge in [-0.25, -0.2) is 8.42 Å². The van der Waals surface area contributed by atoms with Crippen molar-refractivity contribution in [2.45, 2.75) is 18.7 Å². The van der Waals surface area contributed by atoms with Crippen LogP contribution in [0.5, 0.6) is 0 Å². The van der Waals surface area contributed by atoms with E-state index in [0.29, 0.717) is 5.69 Å². The number of hydrogen-bond donors (Lipinski definition) is 1. The molecule has 0 atom stereocenters. The third-order valence-electron chi connectivity index (χ3n) is 2.86. The van der Waals surface area contributed by atoms with Crippen molar-refractivity contribution < 1.29 is 8.42 Å². The van der Waals surface area contributed by atoms with Crippen molar-refractivity contribution in [2.75, 3.05) is 4.72 Å². The number of aryl methyl sites for hydroxylation is 2. The fourth-order valence-electron chi connectivity index (χ4n) is 1.85. The lowest BCUT2D eigenvalue weighted by molar-refractivity contribution is 0.601. The SMILES string of the molecule is Cc1cccc(C)c1NS(=O)(=O)c1cc(Cl)cc(Cl)c1. The highest BCUT2D eigenvalue weighted by Gasteiger charge is 2.17. The zero-order valence-electron chi connectivity index (χ0n) is 10.9. The number of nitrogens with one attached hydrogen (secondary N) is 1. The van der Waals surface area contributed by atoms with Crippen LogP contribution in [0.3, 0.4) is 0 Å². The maximum atomic E-state index is 12.4. The number of benzene rings is 2. The summed E-state index contributed by atoms with van der Waals surface area (Å²) in [5, 5.41) is 0.554. The van der Waals surface area contributed by atoms with Crippen LogP contribution < -0.4 is 4.72 Å². The van der Waals surface area contributed by atoms with E-state index in [1.807, 2.05) is 32.0 Å². The van der Waals surface area contributed by atoms with E-state index >= 15 is 0 Å². The molecular weight excluding hydrogens is 317 g/mol. The van der Waals surface area contributed by atoms with Gasteiger partial charge >= 0.3 is 0 Å². The van der Waals surface area contributed by atoms with E-state index in [9.17, 15) is 8.42 Å². The largest absolute Gasteiger partial charge is 0.279 e. The summed E-state index contributed by atoms with van der Waals surface area (Å²) in [5.41, 5.74) is 2.27. The molecule has 0 amide bonds. The van der Waals surface area contributed by atoms with Crippen LogP contribution in [-0.4, -0.2) is 8.42 Å². The average molecular weight is 330 g/mol. The normalized spacial score (nSPS) is 11.4. The first-order valence-electron chi connectivity index (χ1n) is 5.85. The van der Waals surface area contributed by atoms with Crippen LogP contribution in [0, 0.1) is 13.8 Å². The second-order valence-corrected chi connectivity index (χ2v) is 7.03. The smallest absolute Gasteiger partial charge is 0.262 e. The molecule has 0 aliphatic heterocycles. The second-order valence-electron chi connectivity index (χ2n) is 4.48. The van der Waals surface area contributed by atoms with Gasteiger partial charge in [-0.15, -0.1) is 0 Å². The van der Waals surface area contributed by atoms with Crippen molar-refractivity contribution in [1.29, 1.82) is 0 Å². The number of para-hydroxylation sites is 1. The van der Waals surface area contributed by atoms with E-state index in [0.717, 1.165) is 11.1 Å². The molecule has 0 unspecified atom stereocenters. The van der Waals surface area contributed by atoms with Crippen molar-refractivity contribution in [3.63, 3.8) is 0 Å². The van der Waals surface area contributed by atoms with Crippen LogP contribution in [0.2, 0.25) is 10.0 Å². The Kier molecular flexibility index (Phi) is 4.28. The Hall–Kier alpha value is -1.23. The topological polar surface area (TPSA) is 46.2 Å². The van der Waals surface area contributed by atoms with Gasteiger partial charge in [0.2, 0.25) is 0 Å². The van der Waals surface area contributed by atoms with Crippen molar-refractivity contribution in [1.82, 2.24) is 0 Å². The van der Waals surface area contributed by atoms with E-state index in [1.165, 1.54) is 18.2 Å². The molecule has 2 aromatic carbocycles. The van der Waals surface area contributed by atoms with E-state index in [2.05, 4.69) is 4.72 Å². The molecular formula is C14H13Cl2NO2S. The van der Waals surface area contributed by atoms with E-state index < -0.39 is 10.0 Å². The minimum Gasteiger partial charge on any atom is -0.279 e. The molecule has 0 aliphatic carbocycles. The molecule has 0 heterocycles. The Balaban J connectivity index is 2.46. The Morgan fingerprint density at radius 3 is 1.95 bits per heavy atom. The highest BCUT2D eigenvalue weighted by molar-refractivity contribution is 7.92. The first-order chi connectivity index (χ1) is 9.29. The standard InChI is InChI=1S/C14H13Cl2NO2S/c1-9-4-3-5-10(2)14(9)17-20(18,19)13-7-11(15)6-12(16)8-13/h3-8,17H,1-2H3. The molecule has 0 aliphatic rings. The first kappa shape index (κ1) is 15.2. The van der Waals surface area contributed by atoms with Crippen LogP contribution in [0.4, 0.5) is 5.69 Å². The van der Waals surface area contributed by atoms with Crippen LogP contribution in [-0.2, 0) is 10.0 Å². The van der Waals surface area contributed by atoms with E-state index in [4.69, 9.17) is 23.2 Å². The number of sulfonamides is 1. The molecule has 0 saturated carbocycles. The zero-order valence-corrected chi connectivity index (χ0v) is 13.3. The predicted molar refractivity (Wildman–Crippen MR) is 83.2 cm³/mol. The van der Waals surface area contributed by atoms with Gasteiger partial charge in [0.1, 0.15) is 0 Å². The summed E-state index contributed by atoms with van der Waals surface area (Å²) in [4.78, 5) is 0.0395. The molecule has 0 aromatic heterocycles. The fraction of sp³-hybridized carbons (Fsp3) is 0.143. The summed E-state index contributed by atoms with van der Waals surface area (Å²) in [5.74, 6) is 0. The monoisotopic (exact) mass is 329 g/mol. The predicted octanol–water partition coefficient (Wildman–Crippen LogP) is 4.41. The van der Waals surface area contributed by atoms with Crippen LogP contribution >= 0.6 is 23.2 Å². The second kappa shape index (κ2) is 5.64. The van der Waals surface area contributed by atoms with Gasteiger partial charge in [-0.05, 0) is 43.2 Å². The van der Waals surface area contributed by atoms with Crippen molar-refractivity contribution in [3.8, 4) is 0 Å². The van der Waals surface area contributed by atoms with Gasteiger partial charge < -0.3 is 0 Å². The highest BCUT2D eigenvalue weighted by Crippen LogP contribution is 2.26. The minimum atomic E-state index is -3.72. The van der Waals surface area contributed by atoms with Crippen molar-refractivity contribution in [2.24, 2.45) is 0 Å². The van der Waals surface area contributed by atoms with Gasteiger partial charge in [0.05, 0.1) is 10.6 Å². The minimum absolute atomic E-state index is 0.0395. The fourth-order valence-corrected chi connectivity index (χ4v) is 3.78. The quantitative estimate of drug-likeness (QED) is 0.906. The molecule has 1 N–H and O–H groups in total. The number of anilines is 1. The molecule has 0 radical (unpaired) electrons. The molecule has 2 aromatic rings. The van der Waals surface area contributed by atoms with E-state index in [-0.39, 0.29) is 14.9 Å². The summed E-state index contributed by atoms with van der Waals surface area (Å²) >= 11 is 11.7. The highest BCUT2D eigenvalue weighted by atomic mass is 35.5. The molecule has 3 nitrogen and oxygen atoms in total. The van der Waals surface area contributed by atoms with Crippen LogP contribution in [0.15, 0.2) is 41.3 Å². The Labute approximate surface area is 128 Å². The van der Waals surface area contributed by atoms with Crippen molar-refractivity contribution >= 4 is 38.9 Å². The van der Waals surface area contributed by atoms with Gasteiger partial charge in [0.15, 0.2) is 0 Å². The Morgan fingerprint density at radius 1 is 0.950 bits per heavy atom. The van der Waals surface area contributed by atoms with Gasteiger partial charge in [0.25, 0.3) is 10.0 Å². The summed E-state index contributed by atoms with van der Waals surface area (Å²) in [6, 6.07) is 9.78. The maximum absolute atomic E-state index is 12.4. The summed E-state index contributed by atoms with van der Waals surface area (Å²) in [7, 11) is -3.72. The average Bonchev–Trinajstić information content (AvgIpc) is 2.33. The van der Waals surface area contributed by atoms with Gasteiger partial charge in [-0.1, -0.05) is 41.4 Å². The van der Waals surface area contributed by atoms with Gasteiger partial charge in [-0.3, -0.25) is 4.72 Å². The molecule has 0 spiro atoms. The summed E-state index contributed by atoms with van der Waals surface area (Å²) in [6.07, 6.45) is 0. The third-order valence-corrected chi connectivity index (χ3v) is 4.63. The van der Waals surface area contributed by atoms with Gasteiger partial charge in [0, 0.05) is 10.0 Å². The molecule has 2 rings (SSSR count). The number of rotatable bonds is 3. The molecule has 0 saturated heterocycles. The van der Waals surface area contributed by atoms with Crippen molar-refractivity contribution in [3.05, 3.63) is 57.6 Å². The lowest BCUT2D eigenvalue weighted by atomic mass is 10.1. The Bertz CT molecular complexity index is 717. The molecule has 106 valence electrons. The molecule has 0 bridgehead atoms. The first-order valence-corrected chi connectivity index (χ1v) is 8.08. The lowest BCUT2D eigenvalue weighted by Gasteiger charge is -2.13. The number of halogens is 2. The Morgan fingerprint density at radius 2 is 1.45 bits per heavy atom. The molecule has 20 heavy (non-hydrogen) atoms. The van der Waals surface area contributed by atoms with Crippen LogP contribution in [0.1, 0.15) is 11.1 Å². The zero-order chi connectivity index (χ0) is 14.9. The summed E-state index contributed by atoms with van der Waals surface area (Å²) < 4.78 is 27.3. The van der Waals surface area contributed by atoms with Crippen LogP contribution in [0.25, 0.3) is 0 Å². The summed E-state index contributed by atoms with van der Waals surface area (Å²) in [6.45, 7) is 3.69. The lowest BCUT2D eigenvalue weighted by Crippen LogP contribution is -2.14. The van der Waals surface area contributed by atoms with E-state index in [1.54, 1.807) is 0 Å². The number of hydrogen-bond acceptors (Lipinski definition) is 2. The maximum Gasteiger partial charge on any atom is 0.262 e.